The van der Waals surface area contributed by atoms with Crippen LogP contribution in [-0.4, -0.2) is 39.1 Å². The van der Waals surface area contributed by atoms with E-state index in [-0.39, 0.29) is 30.1 Å². The summed E-state index contributed by atoms with van der Waals surface area (Å²) < 4.78 is 5.66. The van der Waals surface area contributed by atoms with Crippen LogP contribution < -0.4 is 10.6 Å². The average molecular weight is 395 g/mol. The Morgan fingerprint density at radius 1 is 0.966 bits per heavy atom. The molecule has 0 fully saturated rings. The first kappa shape index (κ1) is 21.1. The lowest BCUT2D eigenvalue weighted by Crippen LogP contribution is -2.30. The highest BCUT2D eigenvalue weighted by molar-refractivity contribution is 5.83. The van der Waals surface area contributed by atoms with Gasteiger partial charge in [-0.3, -0.25) is 9.59 Å². The van der Waals surface area contributed by atoms with Crippen LogP contribution in [0.2, 0.25) is 0 Å². The number of hydrogen-bond donors (Lipinski definition) is 2. The van der Waals surface area contributed by atoms with E-state index < -0.39 is 0 Å². The molecule has 0 spiro atoms. The van der Waals surface area contributed by atoms with Crippen molar-refractivity contribution in [2.45, 2.75) is 31.6 Å². The number of benzene rings is 2. The lowest BCUT2D eigenvalue weighted by molar-refractivity contribution is -0.147. The molecule has 0 saturated heterocycles. The van der Waals surface area contributed by atoms with E-state index in [0.29, 0.717) is 13.0 Å². The fraction of sp³-hybridized carbons (Fsp3) is 0.417. The highest BCUT2D eigenvalue weighted by atomic mass is 16.5. The number of amides is 1. The smallest absolute Gasteiger partial charge is 0.306 e. The number of nitrogens with one attached hydrogen (secondary N) is 2. The van der Waals surface area contributed by atoms with E-state index in [2.05, 4.69) is 34.9 Å². The Bertz CT molecular complexity index is 804. The van der Waals surface area contributed by atoms with Crippen molar-refractivity contribution in [2.24, 2.45) is 5.92 Å². The third-order valence-corrected chi connectivity index (χ3v) is 5.63. The average Bonchev–Trinajstić information content (AvgIpc) is 3.07. The molecule has 5 nitrogen and oxygen atoms in total. The van der Waals surface area contributed by atoms with E-state index in [0.717, 1.165) is 19.4 Å². The Hall–Kier alpha value is -2.66. The van der Waals surface area contributed by atoms with Gasteiger partial charge < -0.3 is 15.4 Å². The number of carbonyl (C=O) groups excluding carboxylic acids is 2. The van der Waals surface area contributed by atoms with Crippen molar-refractivity contribution in [3.63, 3.8) is 0 Å². The third kappa shape index (κ3) is 5.04. The van der Waals surface area contributed by atoms with E-state index in [4.69, 9.17) is 4.74 Å². The molecule has 0 aliphatic heterocycles. The predicted molar refractivity (Wildman–Crippen MR) is 115 cm³/mol. The van der Waals surface area contributed by atoms with Crippen molar-refractivity contribution in [1.82, 2.24) is 10.6 Å². The largest absolute Gasteiger partial charge is 0.465 e. The second-order valence-corrected chi connectivity index (χ2v) is 7.52. The number of rotatable bonds is 10. The Morgan fingerprint density at radius 3 is 2.17 bits per heavy atom. The zero-order valence-corrected chi connectivity index (χ0v) is 17.2. The van der Waals surface area contributed by atoms with Crippen LogP contribution in [0.5, 0.6) is 0 Å². The summed E-state index contributed by atoms with van der Waals surface area (Å²) in [6.45, 7) is 1.21. The molecule has 1 aliphatic rings. The summed E-state index contributed by atoms with van der Waals surface area (Å²) >= 11 is 0. The van der Waals surface area contributed by atoms with E-state index >= 15 is 0 Å². The summed E-state index contributed by atoms with van der Waals surface area (Å²) in [5.41, 5.74) is 4.79. The summed E-state index contributed by atoms with van der Waals surface area (Å²) in [5.74, 6) is -0.704. The van der Waals surface area contributed by atoms with Gasteiger partial charge in [-0.2, -0.15) is 0 Å². The number of hydrogen-bond acceptors (Lipinski definition) is 4. The Kier molecular flexibility index (Phi) is 7.42. The molecule has 3 rings (SSSR count). The molecule has 0 heterocycles. The molecular weight excluding hydrogens is 364 g/mol. The molecule has 0 radical (unpaired) electrons. The Labute approximate surface area is 172 Å². The quantitative estimate of drug-likeness (QED) is 0.478. The van der Waals surface area contributed by atoms with Crippen LogP contribution >= 0.6 is 0 Å². The molecule has 1 aliphatic carbocycles. The fourth-order valence-electron chi connectivity index (χ4n) is 4.10. The number of esters is 1. The van der Waals surface area contributed by atoms with Crippen LogP contribution in [0.25, 0.3) is 11.1 Å². The second kappa shape index (κ2) is 10.2. The van der Waals surface area contributed by atoms with Gasteiger partial charge in [-0.25, -0.2) is 0 Å². The molecule has 2 aromatic carbocycles. The first-order valence-electron chi connectivity index (χ1n) is 10.4. The van der Waals surface area contributed by atoms with Crippen molar-refractivity contribution < 1.29 is 14.3 Å². The summed E-state index contributed by atoms with van der Waals surface area (Å²) in [7, 11) is 3.52. The summed E-state index contributed by atoms with van der Waals surface area (Å²) in [6, 6.07) is 16.5. The van der Waals surface area contributed by atoms with Gasteiger partial charge in [0.2, 0.25) is 5.91 Å². The van der Waals surface area contributed by atoms with Gasteiger partial charge >= 0.3 is 5.97 Å². The van der Waals surface area contributed by atoms with Gasteiger partial charge in [-0.15, -0.1) is 0 Å². The minimum atomic E-state index is -0.340. The first-order valence-corrected chi connectivity index (χ1v) is 10.4. The molecule has 1 amide bonds. The minimum Gasteiger partial charge on any atom is -0.465 e. The van der Waals surface area contributed by atoms with Crippen LogP contribution in [-0.2, 0) is 14.3 Å². The highest BCUT2D eigenvalue weighted by Gasteiger charge is 2.29. The lowest BCUT2D eigenvalue weighted by atomic mass is 9.96. The summed E-state index contributed by atoms with van der Waals surface area (Å²) in [6.07, 6.45) is 2.69. The maximum atomic E-state index is 12.5. The lowest BCUT2D eigenvalue weighted by Gasteiger charge is -2.17. The third-order valence-electron chi connectivity index (χ3n) is 5.63. The van der Waals surface area contributed by atoms with Gasteiger partial charge in [-0.1, -0.05) is 55.0 Å². The molecule has 0 aromatic heterocycles. The standard InChI is InChI=1S/C24H30N2O3/c1-25-14-8-7-9-17(24(28)26-2)15-23(27)29-16-22-20-12-5-3-10-18(20)19-11-4-6-13-21(19)22/h3-6,10-13,17,22,25H,7-9,14-16H2,1-2H3,(H,26,28)/t17-/m1/s1. The molecule has 0 saturated carbocycles. The van der Waals surface area contributed by atoms with Crippen molar-refractivity contribution in [3.8, 4) is 11.1 Å². The van der Waals surface area contributed by atoms with Crippen molar-refractivity contribution >= 4 is 11.9 Å². The number of ether oxygens (including phenoxy) is 1. The fourth-order valence-corrected chi connectivity index (χ4v) is 4.10. The normalized spacial score (nSPS) is 13.4. The predicted octanol–water partition coefficient (Wildman–Crippen LogP) is 3.48. The summed E-state index contributed by atoms with van der Waals surface area (Å²) in [5, 5.41) is 5.77. The van der Waals surface area contributed by atoms with Gasteiger partial charge in [0.1, 0.15) is 6.61 Å². The van der Waals surface area contributed by atoms with E-state index in [1.807, 2.05) is 31.3 Å². The van der Waals surface area contributed by atoms with Gasteiger partial charge in [0, 0.05) is 18.9 Å². The van der Waals surface area contributed by atoms with Crippen LogP contribution in [0, 0.1) is 5.92 Å². The molecule has 5 heteroatoms. The van der Waals surface area contributed by atoms with Crippen LogP contribution in [0.3, 0.4) is 0 Å². The maximum Gasteiger partial charge on any atom is 0.306 e. The Balaban J connectivity index is 1.61. The molecule has 0 unspecified atom stereocenters. The van der Waals surface area contributed by atoms with E-state index in [9.17, 15) is 9.59 Å². The van der Waals surface area contributed by atoms with E-state index in [1.165, 1.54) is 22.3 Å². The highest BCUT2D eigenvalue weighted by Crippen LogP contribution is 2.44. The molecule has 1 atom stereocenters. The molecule has 2 aromatic rings. The molecule has 154 valence electrons. The van der Waals surface area contributed by atoms with Crippen LogP contribution in [0.15, 0.2) is 48.5 Å². The topological polar surface area (TPSA) is 67.4 Å². The first-order chi connectivity index (χ1) is 14.2. The number of fused-ring (bicyclic) bond motifs is 3. The van der Waals surface area contributed by atoms with E-state index in [1.54, 1.807) is 7.05 Å². The van der Waals surface area contributed by atoms with Gasteiger partial charge in [-0.05, 0) is 48.7 Å². The number of carbonyl (C=O) groups is 2. The number of unbranched alkanes of at least 4 members (excludes halogenated alkanes) is 1. The summed E-state index contributed by atoms with van der Waals surface area (Å²) in [4.78, 5) is 24.7. The zero-order valence-electron chi connectivity index (χ0n) is 17.2. The minimum absolute atomic E-state index is 0.0421. The second-order valence-electron chi connectivity index (χ2n) is 7.52. The molecule has 2 N–H and O–H groups in total. The van der Waals surface area contributed by atoms with Crippen LogP contribution in [0.1, 0.15) is 42.7 Å². The molecule has 0 bridgehead atoms. The Morgan fingerprint density at radius 2 is 1.59 bits per heavy atom. The van der Waals surface area contributed by atoms with Crippen molar-refractivity contribution in [1.29, 1.82) is 0 Å². The zero-order chi connectivity index (χ0) is 20.6. The molecular formula is C24H30N2O3. The van der Waals surface area contributed by atoms with Gasteiger partial charge in [0.05, 0.1) is 6.42 Å². The monoisotopic (exact) mass is 394 g/mol. The molecule has 29 heavy (non-hydrogen) atoms. The SMILES string of the molecule is CNCCCC[C@H](CC(=O)OCC1c2ccccc2-c2ccccc21)C(=O)NC. The van der Waals surface area contributed by atoms with Crippen molar-refractivity contribution in [2.75, 3.05) is 27.2 Å². The maximum absolute atomic E-state index is 12.5. The van der Waals surface area contributed by atoms with Gasteiger partial charge in [0.25, 0.3) is 0 Å². The van der Waals surface area contributed by atoms with Crippen molar-refractivity contribution in [3.05, 3.63) is 59.7 Å². The van der Waals surface area contributed by atoms with Gasteiger partial charge in [0.15, 0.2) is 0 Å². The van der Waals surface area contributed by atoms with Crippen LogP contribution in [0.4, 0.5) is 0 Å².